The molecule has 17 heavy (non-hydrogen) atoms. The van der Waals surface area contributed by atoms with E-state index >= 15 is 0 Å². The van der Waals surface area contributed by atoms with Crippen molar-refractivity contribution in [2.45, 2.75) is 31.7 Å². The fraction of sp³-hybridized carbons (Fsp3) is 0.900. The lowest BCUT2D eigenvalue weighted by atomic mass is 9.86. The summed E-state index contributed by atoms with van der Waals surface area (Å²) in [7, 11) is -1.79. The Morgan fingerprint density at radius 3 is 2.71 bits per heavy atom. The van der Waals surface area contributed by atoms with E-state index in [0.29, 0.717) is 13.0 Å². The van der Waals surface area contributed by atoms with Crippen LogP contribution in [0.2, 0.25) is 0 Å². The van der Waals surface area contributed by atoms with Crippen molar-refractivity contribution in [1.82, 2.24) is 10.0 Å². The number of nitrogens with one attached hydrogen (secondary N) is 2. The molecule has 0 spiro atoms. The van der Waals surface area contributed by atoms with Gasteiger partial charge in [-0.1, -0.05) is 6.42 Å². The van der Waals surface area contributed by atoms with E-state index in [4.69, 9.17) is 5.11 Å². The summed E-state index contributed by atoms with van der Waals surface area (Å²) < 4.78 is 24.6. The Morgan fingerprint density at radius 1 is 1.41 bits per heavy atom. The summed E-state index contributed by atoms with van der Waals surface area (Å²) in [4.78, 5) is 10.8. The first kappa shape index (κ1) is 14.4. The van der Waals surface area contributed by atoms with Gasteiger partial charge in [-0.05, 0) is 26.3 Å². The van der Waals surface area contributed by atoms with Crippen LogP contribution in [0.1, 0.15) is 25.7 Å². The fourth-order valence-electron chi connectivity index (χ4n) is 2.10. The molecule has 1 rings (SSSR count). The average Bonchev–Trinajstić information content (AvgIpc) is 2.29. The number of rotatable bonds is 6. The number of carboxylic acids is 1. The summed E-state index contributed by atoms with van der Waals surface area (Å²) in [5.74, 6) is -1.01. The van der Waals surface area contributed by atoms with E-state index in [2.05, 4.69) is 10.0 Å². The Labute approximate surface area is 102 Å². The van der Waals surface area contributed by atoms with Crippen LogP contribution in [0.5, 0.6) is 0 Å². The predicted octanol–water partition coefficient (Wildman–Crippen LogP) is -0.231. The largest absolute Gasteiger partial charge is 0.481 e. The molecule has 100 valence electrons. The van der Waals surface area contributed by atoms with E-state index in [1.54, 1.807) is 0 Å². The first-order valence-electron chi connectivity index (χ1n) is 5.82. The molecule has 0 bridgehead atoms. The molecule has 0 saturated heterocycles. The highest BCUT2D eigenvalue weighted by atomic mass is 32.2. The van der Waals surface area contributed by atoms with Crippen molar-refractivity contribution in [3.8, 4) is 0 Å². The lowest BCUT2D eigenvalue weighted by Gasteiger charge is -2.27. The van der Waals surface area contributed by atoms with Crippen LogP contribution in [-0.2, 0) is 14.8 Å². The molecule has 0 aromatic rings. The van der Waals surface area contributed by atoms with Crippen molar-refractivity contribution in [1.29, 1.82) is 0 Å². The van der Waals surface area contributed by atoms with Crippen LogP contribution in [0.4, 0.5) is 0 Å². The first-order valence-corrected chi connectivity index (χ1v) is 7.47. The number of hydrogen-bond acceptors (Lipinski definition) is 4. The van der Waals surface area contributed by atoms with Gasteiger partial charge < -0.3 is 10.4 Å². The topological polar surface area (TPSA) is 95.5 Å². The summed E-state index contributed by atoms with van der Waals surface area (Å²) >= 11 is 0. The number of hydrogen-bond donors (Lipinski definition) is 3. The monoisotopic (exact) mass is 264 g/mol. The van der Waals surface area contributed by atoms with E-state index in [-0.39, 0.29) is 17.7 Å². The van der Waals surface area contributed by atoms with Crippen LogP contribution in [0.25, 0.3) is 0 Å². The Bertz CT molecular complexity index is 355. The molecule has 7 heteroatoms. The smallest absolute Gasteiger partial charge is 0.306 e. The normalized spacial score (nSPS) is 25.7. The number of carbonyl (C=O) groups is 1. The quantitative estimate of drug-likeness (QED) is 0.616. The fourth-order valence-corrected chi connectivity index (χ4v) is 2.69. The third-order valence-corrected chi connectivity index (χ3v) is 4.50. The molecular weight excluding hydrogens is 244 g/mol. The molecule has 0 heterocycles. The van der Waals surface area contributed by atoms with Gasteiger partial charge in [0.1, 0.15) is 0 Å². The molecule has 0 aromatic heterocycles. The molecular formula is C10H20N2O4S. The zero-order valence-electron chi connectivity index (χ0n) is 9.98. The maximum absolute atomic E-state index is 11.2. The van der Waals surface area contributed by atoms with Gasteiger partial charge in [-0.2, -0.15) is 0 Å². The van der Waals surface area contributed by atoms with Gasteiger partial charge in [0.2, 0.25) is 10.0 Å². The van der Waals surface area contributed by atoms with E-state index < -0.39 is 16.0 Å². The van der Waals surface area contributed by atoms with Crippen LogP contribution in [-0.4, -0.2) is 44.9 Å². The Balaban J connectivity index is 2.30. The minimum Gasteiger partial charge on any atom is -0.481 e. The Morgan fingerprint density at radius 2 is 2.12 bits per heavy atom. The summed E-state index contributed by atoms with van der Waals surface area (Å²) in [6.07, 6.45) is 3.12. The van der Waals surface area contributed by atoms with E-state index in [9.17, 15) is 13.2 Å². The van der Waals surface area contributed by atoms with Gasteiger partial charge in [-0.25, -0.2) is 13.1 Å². The van der Waals surface area contributed by atoms with E-state index in [1.165, 1.54) is 7.05 Å². The third-order valence-electron chi connectivity index (χ3n) is 3.14. The zero-order valence-corrected chi connectivity index (χ0v) is 10.8. The molecule has 0 aromatic carbocycles. The summed E-state index contributed by atoms with van der Waals surface area (Å²) in [6, 6.07) is 0.122. The van der Waals surface area contributed by atoms with Crippen molar-refractivity contribution in [2.24, 2.45) is 5.92 Å². The van der Waals surface area contributed by atoms with Gasteiger partial charge in [0.05, 0.1) is 11.7 Å². The molecule has 3 N–H and O–H groups in total. The molecule has 1 aliphatic rings. The standard InChI is InChI=1S/C10H20N2O4S/c1-11-17(15,16)6-5-12-9-4-2-3-8(7-9)10(13)14/h8-9,11-12H,2-7H2,1H3,(H,13,14). The molecule has 0 aliphatic heterocycles. The maximum atomic E-state index is 11.2. The number of carboxylic acid groups (broad SMARTS) is 1. The molecule has 1 aliphatic carbocycles. The SMILES string of the molecule is CNS(=O)(=O)CCNC1CCCC(C(=O)O)C1. The number of sulfonamides is 1. The average molecular weight is 264 g/mol. The van der Waals surface area contributed by atoms with E-state index in [0.717, 1.165) is 19.3 Å². The highest BCUT2D eigenvalue weighted by Gasteiger charge is 2.26. The summed E-state index contributed by atoms with van der Waals surface area (Å²) in [5, 5.41) is 12.0. The second-order valence-electron chi connectivity index (χ2n) is 4.38. The van der Waals surface area contributed by atoms with E-state index in [1.807, 2.05) is 0 Å². The van der Waals surface area contributed by atoms with Crippen LogP contribution in [0, 0.1) is 5.92 Å². The van der Waals surface area contributed by atoms with Gasteiger partial charge in [-0.3, -0.25) is 4.79 Å². The van der Waals surface area contributed by atoms with Crippen LogP contribution in [0.3, 0.4) is 0 Å². The molecule has 6 nitrogen and oxygen atoms in total. The molecule has 0 radical (unpaired) electrons. The van der Waals surface area contributed by atoms with Gasteiger partial charge >= 0.3 is 5.97 Å². The lowest BCUT2D eigenvalue weighted by Crippen LogP contribution is -2.39. The van der Waals surface area contributed by atoms with Gasteiger partial charge in [-0.15, -0.1) is 0 Å². The molecule has 1 saturated carbocycles. The van der Waals surface area contributed by atoms with Crippen molar-refractivity contribution in [3.05, 3.63) is 0 Å². The van der Waals surface area contributed by atoms with Crippen molar-refractivity contribution in [2.75, 3.05) is 19.3 Å². The Kier molecular flexibility index (Phi) is 5.35. The van der Waals surface area contributed by atoms with Crippen LogP contribution >= 0.6 is 0 Å². The van der Waals surface area contributed by atoms with Crippen LogP contribution < -0.4 is 10.0 Å². The molecule has 1 fully saturated rings. The van der Waals surface area contributed by atoms with Gasteiger partial charge in [0.15, 0.2) is 0 Å². The third kappa shape index (κ3) is 5.01. The number of aliphatic carboxylic acids is 1. The second-order valence-corrected chi connectivity index (χ2v) is 6.42. The van der Waals surface area contributed by atoms with Crippen molar-refractivity contribution in [3.63, 3.8) is 0 Å². The van der Waals surface area contributed by atoms with Crippen LogP contribution in [0.15, 0.2) is 0 Å². The van der Waals surface area contributed by atoms with Gasteiger partial charge in [0.25, 0.3) is 0 Å². The second kappa shape index (κ2) is 6.32. The van der Waals surface area contributed by atoms with Gasteiger partial charge in [0, 0.05) is 12.6 Å². The predicted molar refractivity (Wildman–Crippen MR) is 64.2 cm³/mol. The molecule has 2 atom stereocenters. The molecule has 0 amide bonds. The minimum atomic E-state index is -3.18. The maximum Gasteiger partial charge on any atom is 0.306 e. The zero-order chi connectivity index (χ0) is 12.9. The molecule has 2 unspecified atom stereocenters. The first-order chi connectivity index (χ1) is 7.94. The lowest BCUT2D eigenvalue weighted by molar-refractivity contribution is -0.143. The van der Waals surface area contributed by atoms with Crippen molar-refractivity contribution < 1.29 is 18.3 Å². The Hall–Kier alpha value is -0.660. The summed E-state index contributed by atoms with van der Waals surface area (Å²) in [5.41, 5.74) is 0. The summed E-state index contributed by atoms with van der Waals surface area (Å²) in [6.45, 7) is 0.361. The highest BCUT2D eigenvalue weighted by molar-refractivity contribution is 7.89. The van der Waals surface area contributed by atoms with Crippen molar-refractivity contribution >= 4 is 16.0 Å². The highest BCUT2D eigenvalue weighted by Crippen LogP contribution is 2.24. The minimum absolute atomic E-state index is 0.0255.